The number of nitrogens with one attached hydrogen (secondary N) is 1. The molecule has 31 heavy (non-hydrogen) atoms. The Balaban J connectivity index is 0.000000348. The van der Waals surface area contributed by atoms with Crippen LogP contribution in [0.5, 0.6) is 0 Å². The van der Waals surface area contributed by atoms with Gasteiger partial charge in [0.05, 0.1) is 25.3 Å². The fourth-order valence-electron chi connectivity index (χ4n) is 3.06. The lowest BCUT2D eigenvalue weighted by Gasteiger charge is -2.26. The van der Waals surface area contributed by atoms with Crippen LogP contribution < -0.4 is 11.1 Å². The third kappa shape index (κ3) is 7.86. The molecular weight excluding hydrogens is 418 g/mol. The van der Waals surface area contributed by atoms with Crippen molar-refractivity contribution in [3.8, 4) is 0 Å². The molecule has 0 saturated heterocycles. The molecule has 0 atom stereocenters. The van der Waals surface area contributed by atoms with Crippen molar-refractivity contribution in [3.05, 3.63) is 52.6 Å². The van der Waals surface area contributed by atoms with Gasteiger partial charge in [0.15, 0.2) is 0 Å². The number of hydrogen-bond donors (Lipinski definition) is 3. The lowest BCUT2D eigenvalue weighted by molar-refractivity contribution is -0.107. The van der Waals surface area contributed by atoms with Gasteiger partial charge in [-0.25, -0.2) is 4.79 Å². The summed E-state index contributed by atoms with van der Waals surface area (Å²) in [7, 11) is 3.45. The van der Waals surface area contributed by atoms with Crippen molar-refractivity contribution in [2.75, 3.05) is 39.2 Å². The zero-order valence-electron chi connectivity index (χ0n) is 18.3. The molecule has 4 N–H and O–H groups in total. The number of ether oxygens (including phenoxy) is 2. The number of thiophene rings is 1. The first-order chi connectivity index (χ1) is 15.0. The summed E-state index contributed by atoms with van der Waals surface area (Å²) in [5, 5.41) is 12.9. The Bertz CT molecular complexity index is 788. The van der Waals surface area contributed by atoms with Crippen LogP contribution in [0.4, 0.5) is 9.80 Å². The molecule has 0 spiro atoms. The summed E-state index contributed by atoms with van der Waals surface area (Å²) in [5.74, 6) is 0.687. The summed E-state index contributed by atoms with van der Waals surface area (Å²) in [6, 6.07) is 0. The molecule has 0 radical (unpaired) electrons. The van der Waals surface area contributed by atoms with E-state index >= 15 is 0 Å². The summed E-state index contributed by atoms with van der Waals surface area (Å²) in [6.45, 7) is 8.92. The van der Waals surface area contributed by atoms with Gasteiger partial charge in [0.2, 0.25) is 0 Å². The van der Waals surface area contributed by atoms with Crippen LogP contribution in [0.25, 0.3) is 0 Å². The molecule has 1 aromatic rings. The second kappa shape index (κ2) is 14.4. The second-order valence-corrected chi connectivity index (χ2v) is 7.66. The van der Waals surface area contributed by atoms with E-state index in [0.29, 0.717) is 38.2 Å². The molecule has 0 aliphatic carbocycles. The van der Waals surface area contributed by atoms with Crippen LogP contribution >= 0.6 is 11.3 Å². The molecule has 2 rings (SSSR count). The molecule has 8 nitrogen and oxygen atoms in total. The number of fused-ring (bicyclic) bond motifs is 1. The van der Waals surface area contributed by atoms with E-state index in [-0.39, 0.29) is 19.3 Å². The predicted octanol–water partition coefficient (Wildman–Crippen LogP) is 2.97. The Morgan fingerprint density at radius 3 is 2.74 bits per heavy atom. The number of aldehydes is 1. The van der Waals surface area contributed by atoms with Crippen molar-refractivity contribution < 1.29 is 24.2 Å². The quantitative estimate of drug-likeness (QED) is 0.285. The molecule has 0 fully saturated rings. The Labute approximate surface area is 188 Å². The molecule has 2 heterocycles. The van der Waals surface area contributed by atoms with Gasteiger partial charge < -0.3 is 35.3 Å². The summed E-state index contributed by atoms with van der Waals surface area (Å²) < 4.78 is 9.96. The maximum absolute atomic E-state index is 11.8. The SMILES string of the molecule is C=C/C=C(/OC)C(=C)CCC=O.CNc1sc2c(c1CN)CCN(C(=O)OCCO)C2. The third-order valence-corrected chi connectivity index (χ3v) is 5.85. The van der Waals surface area contributed by atoms with Crippen LogP contribution in [0.2, 0.25) is 0 Å². The van der Waals surface area contributed by atoms with E-state index in [0.717, 1.165) is 33.7 Å². The fourth-order valence-corrected chi connectivity index (χ4v) is 4.31. The molecule has 0 aromatic carbocycles. The minimum Gasteiger partial charge on any atom is -0.497 e. The van der Waals surface area contributed by atoms with Crippen molar-refractivity contribution >= 4 is 28.7 Å². The average Bonchev–Trinajstić information content (AvgIpc) is 3.16. The molecule has 172 valence electrons. The number of carbonyl (C=O) groups excluding carboxylic acids is 2. The molecule has 0 saturated carbocycles. The van der Waals surface area contributed by atoms with Crippen LogP contribution in [0.3, 0.4) is 0 Å². The number of hydrogen-bond acceptors (Lipinski definition) is 8. The smallest absolute Gasteiger partial charge is 0.410 e. The van der Waals surface area contributed by atoms with Crippen molar-refractivity contribution in [1.29, 1.82) is 0 Å². The highest BCUT2D eigenvalue weighted by Crippen LogP contribution is 2.36. The molecule has 1 aliphatic rings. The van der Waals surface area contributed by atoms with E-state index in [1.165, 1.54) is 5.56 Å². The third-order valence-electron chi connectivity index (χ3n) is 4.57. The summed E-state index contributed by atoms with van der Waals surface area (Å²) in [6.07, 6.45) is 5.78. The van der Waals surface area contributed by atoms with E-state index in [9.17, 15) is 9.59 Å². The monoisotopic (exact) mass is 451 g/mol. The van der Waals surface area contributed by atoms with Crippen LogP contribution in [-0.2, 0) is 33.8 Å². The maximum atomic E-state index is 11.8. The highest BCUT2D eigenvalue weighted by Gasteiger charge is 2.26. The minimum atomic E-state index is -0.367. The normalized spacial score (nSPS) is 12.8. The number of allylic oxidation sites excluding steroid dienone is 3. The van der Waals surface area contributed by atoms with Crippen molar-refractivity contribution in [1.82, 2.24) is 4.90 Å². The van der Waals surface area contributed by atoms with Crippen LogP contribution in [0, 0.1) is 0 Å². The predicted molar refractivity (Wildman–Crippen MR) is 124 cm³/mol. The van der Waals surface area contributed by atoms with Gasteiger partial charge >= 0.3 is 6.09 Å². The Kier molecular flexibility index (Phi) is 12.3. The topological polar surface area (TPSA) is 114 Å². The van der Waals surface area contributed by atoms with Crippen LogP contribution in [0.15, 0.2) is 36.6 Å². The molecule has 1 aliphatic heterocycles. The zero-order chi connectivity index (χ0) is 23.2. The number of anilines is 1. The summed E-state index contributed by atoms with van der Waals surface area (Å²) in [4.78, 5) is 24.6. The minimum absolute atomic E-state index is 0.0441. The Hall–Kier alpha value is -2.62. The summed E-state index contributed by atoms with van der Waals surface area (Å²) in [5.41, 5.74) is 9.04. The molecular formula is C22H33N3O5S. The van der Waals surface area contributed by atoms with E-state index in [4.69, 9.17) is 20.3 Å². The van der Waals surface area contributed by atoms with E-state index in [1.807, 2.05) is 7.05 Å². The number of carbonyl (C=O) groups is 2. The van der Waals surface area contributed by atoms with Gasteiger partial charge in [-0.1, -0.05) is 19.2 Å². The summed E-state index contributed by atoms with van der Waals surface area (Å²) >= 11 is 1.64. The average molecular weight is 452 g/mol. The van der Waals surface area contributed by atoms with E-state index in [1.54, 1.807) is 35.5 Å². The lowest BCUT2D eigenvalue weighted by Crippen LogP contribution is -2.36. The lowest BCUT2D eigenvalue weighted by atomic mass is 10.0. The maximum Gasteiger partial charge on any atom is 0.410 e. The van der Waals surface area contributed by atoms with Crippen LogP contribution in [0.1, 0.15) is 28.8 Å². The van der Waals surface area contributed by atoms with E-state index in [2.05, 4.69) is 18.5 Å². The van der Waals surface area contributed by atoms with Gasteiger partial charge in [-0.15, -0.1) is 11.3 Å². The van der Waals surface area contributed by atoms with Gasteiger partial charge in [-0.05, 0) is 30.1 Å². The zero-order valence-corrected chi connectivity index (χ0v) is 19.1. The van der Waals surface area contributed by atoms with Gasteiger partial charge in [0, 0.05) is 37.0 Å². The largest absolute Gasteiger partial charge is 0.497 e. The second-order valence-electron chi connectivity index (χ2n) is 6.55. The molecule has 9 heteroatoms. The van der Waals surface area contributed by atoms with Crippen LogP contribution in [-0.4, -0.2) is 56.3 Å². The Morgan fingerprint density at radius 1 is 1.45 bits per heavy atom. The van der Waals surface area contributed by atoms with Gasteiger partial charge in [-0.3, -0.25) is 0 Å². The number of rotatable bonds is 10. The molecule has 1 aromatic heterocycles. The molecule has 0 unspecified atom stereocenters. The molecule has 0 bridgehead atoms. The van der Waals surface area contributed by atoms with E-state index < -0.39 is 0 Å². The van der Waals surface area contributed by atoms with Gasteiger partial charge in [0.25, 0.3) is 0 Å². The molecule has 1 amide bonds. The number of methoxy groups -OCH3 is 1. The standard InChI is InChI=1S/C12H19N3O3S.C10H14O2/c1-14-11-9(6-13)8-2-3-15(7-10(8)19-11)12(17)18-5-4-16;1-4-6-10(12-3)9(2)7-5-8-11/h14,16H,2-7,13H2,1H3;4,6,8H,1-2,5,7H2,3H3/b;10-6+. The Morgan fingerprint density at radius 2 is 2.19 bits per heavy atom. The number of amides is 1. The fraction of sp³-hybridized carbons (Fsp3) is 0.455. The van der Waals surface area contributed by atoms with Crippen molar-refractivity contribution in [2.24, 2.45) is 5.73 Å². The number of nitrogens with zero attached hydrogens (tertiary/aromatic N) is 1. The van der Waals surface area contributed by atoms with Crippen molar-refractivity contribution in [2.45, 2.75) is 32.4 Å². The first-order valence-electron chi connectivity index (χ1n) is 9.99. The number of aliphatic hydroxyl groups is 1. The highest BCUT2D eigenvalue weighted by atomic mass is 32.1. The number of nitrogens with two attached hydrogens (primary N) is 1. The first-order valence-corrected chi connectivity index (χ1v) is 10.8. The number of aliphatic hydroxyl groups excluding tert-OH is 1. The first kappa shape index (κ1) is 26.4. The van der Waals surface area contributed by atoms with Crippen molar-refractivity contribution in [3.63, 3.8) is 0 Å². The highest BCUT2D eigenvalue weighted by molar-refractivity contribution is 7.16. The van der Waals surface area contributed by atoms with Gasteiger partial charge in [-0.2, -0.15) is 0 Å². The van der Waals surface area contributed by atoms with Gasteiger partial charge in [0.1, 0.15) is 18.7 Å².